The Bertz CT molecular complexity index is 86.7. The molecule has 0 aliphatic heterocycles. The lowest BCUT2D eigenvalue weighted by Gasteiger charge is -2.04. The van der Waals surface area contributed by atoms with Crippen LogP contribution in [-0.2, 0) is 0 Å². The molecule has 0 rings (SSSR count). The molecule has 0 aromatic rings. The van der Waals surface area contributed by atoms with E-state index in [0.29, 0.717) is 5.92 Å². The van der Waals surface area contributed by atoms with Crippen LogP contribution in [0.2, 0.25) is 0 Å². The maximum atomic E-state index is 8.73. The number of hydrogen-bond donors (Lipinski definition) is 1. The maximum absolute atomic E-state index is 8.73. The Balaban J connectivity index is 3.68. The molecule has 0 aliphatic rings. The molecule has 0 amide bonds. The van der Waals surface area contributed by atoms with Crippen LogP contribution in [0, 0.1) is 5.92 Å². The Morgan fingerprint density at radius 1 is 1.56 bits per heavy atom. The Kier molecular flexibility index (Phi) is 4.41. The Morgan fingerprint density at radius 2 is 2.11 bits per heavy atom. The average molecular weight is 128 g/mol. The van der Waals surface area contributed by atoms with Gasteiger partial charge in [0.2, 0.25) is 0 Å². The molecule has 0 radical (unpaired) electrons. The van der Waals surface area contributed by atoms with Gasteiger partial charge in [0.25, 0.3) is 0 Å². The summed E-state index contributed by atoms with van der Waals surface area (Å²) in [5.41, 5.74) is 1.29. The highest BCUT2D eigenvalue weighted by molar-refractivity contribution is 4.96. The summed E-state index contributed by atoms with van der Waals surface area (Å²) in [4.78, 5) is 0. The van der Waals surface area contributed by atoms with E-state index in [1.54, 1.807) is 0 Å². The van der Waals surface area contributed by atoms with Gasteiger partial charge in [0.15, 0.2) is 0 Å². The average Bonchev–Trinajstić information content (AvgIpc) is 1.82. The van der Waals surface area contributed by atoms with E-state index in [2.05, 4.69) is 26.8 Å². The zero-order valence-electron chi connectivity index (χ0n) is 6.52. The van der Waals surface area contributed by atoms with E-state index in [4.69, 9.17) is 5.11 Å². The van der Waals surface area contributed by atoms with Gasteiger partial charge in [0.1, 0.15) is 0 Å². The maximum Gasteiger partial charge on any atom is 0.0493 e. The minimum Gasteiger partial charge on any atom is -0.396 e. The van der Waals surface area contributed by atoms with Crippen LogP contribution < -0.4 is 0 Å². The minimum absolute atomic E-state index is 0.279. The van der Waals surface area contributed by atoms with Crippen LogP contribution in [0.5, 0.6) is 0 Å². The molecule has 0 aliphatic carbocycles. The molecule has 0 saturated heterocycles. The van der Waals surface area contributed by atoms with Crippen LogP contribution in [0.15, 0.2) is 11.6 Å². The van der Waals surface area contributed by atoms with Crippen LogP contribution in [-0.4, -0.2) is 11.7 Å². The molecule has 0 aromatic heterocycles. The first-order valence-corrected chi connectivity index (χ1v) is 3.46. The molecule has 1 unspecified atom stereocenters. The Labute approximate surface area is 57.4 Å². The fourth-order valence-corrected chi connectivity index (χ4v) is 0.771. The van der Waals surface area contributed by atoms with Crippen molar-refractivity contribution in [3.63, 3.8) is 0 Å². The van der Waals surface area contributed by atoms with Crippen molar-refractivity contribution >= 4 is 0 Å². The predicted molar refractivity (Wildman–Crippen MR) is 40.3 cm³/mol. The van der Waals surface area contributed by atoms with Crippen LogP contribution in [0.25, 0.3) is 0 Å². The van der Waals surface area contributed by atoms with E-state index in [1.165, 1.54) is 5.57 Å². The van der Waals surface area contributed by atoms with Crippen LogP contribution in [0.1, 0.15) is 27.2 Å². The monoisotopic (exact) mass is 128 g/mol. The van der Waals surface area contributed by atoms with Crippen molar-refractivity contribution in [1.82, 2.24) is 0 Å². The van der Waals surface area contributed by atoms with Gasteiger partial charge in [-0.15, -0.1) is 0 Å². The van der Waals surface area contributed by atoms with Crippen LogP contribution >= 0.6 is 0 Å². The van der Waals surface area contributed by atoms with E-state index < -0.39 is 0 Å². The molecule has 1 atom stereocenters. The summed E-state index contributed by atoms with van der Waals surface area (Å²) in [5.74, 6) is 0.370. The summed E-state index contributed by atoms with van der Waals surface area (Å²) < 4.78 is 0. The third-order valence-electron chi connectivity index (χ3n) is 1.33. The Hall–Kier alpha value is -0.300. The number of hydrogen-bond acceptors (Lipinski definition) is 1. The van der Waals surface area contributed by atoms with Crippen LogP contribution in [0.4, 0.5) is 0 Å². The standard InChI is InChI=1S/C8H16O/c1-4-8(6-9)5-7(2)3/h5,8-9H,4,6H2,1-3H3. The highest BCUT2D eigenvalue weighted by atomic mass is 16.3. The van der Waals surface area contributed by atoms with E-state index in [1.807, 2.05) is 0 Å². The molecule has 0 bridgehead atoms. The van der Waals surface area contributed by atoms with Gasteiger partial charge in [-0.1, -0.05) is 18.6 Å². The first-order chi connectivity index (χ1) is 4.20. The van der Waals surface area contributed by atoms with Gasteiger partial charge in [-0.3, -0.25) is 0 Å². The van der Waals surface area contributed by atoms with Crippen molar-refractivity contribution in [1.29, 1.82) is 0 Å². The molecule has 0 saturated carbocycles. The summed E-state index contributed by atoms with van der Waals surface area (Å²) >= 11 is 0. The number of allylic oxidation sites excluding steroid dienone is 1. The van der Waals surface area contributed by atoms with Crippen molar-refractivity contribution in [2.75, 3.05) is 6.61 Å². The van der Waals surface area contributed by atoms with Gasteiger partial charge in [-0.05, 0) is 26.2 Å². The molecule has 0 heterocycles. The smallest absolute Gasteiger partial charge is 0.0493 e. The second-order valence-corrected chi connectivity index (χ2v) is 2.59. The van der Waals surface area contributed by atoms with Gasteiger partial charge in [-0.2, -0.15) is 0 Å². The lowest BCUT2D eigenvalue weighted by atomic mass is 10.1. The first-order valence-electron chi connectivity index (χ1n) is 3.46. The highest BCUT2D eigenvalue weighted by Gasteiger charge is 1.97. The van der Waals surface area contributed by atoms with Gasteiger partial charge in [0.05, 0.1) is 0 Å². The highest BCUT2D eigenvalue weighted by Crippen LogP contribution is 2.05. The molecular weight excluding hydrogens is 112 g/mol. The van der Waals surface area contributed by atoms with Gasteiger partial charge in [-0.25, -0.2) is 0 Å². The SMILES string of the molecule is CCC(C=C(C)C)CO. The zero-order chi connectivity index (χ0) is 7.28. The Morgan fingerprint density at radius 3 is 2.22 bits per heavy atom. The van der Waals surface area contributed by atoms with Gasteiger partial charge >= 0.3 is 0 Å². The van der Waals surface area contributed by atoms with Crippen molar-refractivity contribution in [3.8, 4) is 0 Å². The lowest BCUT2D eigenvalue weighted by molar-refractivity contribution is 0.249. The van der Waals surface area contributed by atoms with Crippen molar-refractivity contribution in [3.05, 3.63) is 11.6 Å². The summed E-state index contributed by atoms with van der Waals surface area (Å²) in [6, 6.07) is 0. The van der Waals surface area contributed by atoms with E-state index in [9.17, 15) is 0 Å². The molecule has 0 aromatic carbocycles. The fraction of sp³-hybridized carbons (Fsp3) is 0.750. The number of aliphatic hydroxyl groups excluding tert-OH is 1. The number of rotatable bonds is 3. The van der Waals surface area contributed by atoms with Crippen LogP contribution in [0.3, 0.4) is 0 Å². The second kappa shape index (κ2) is 4.57. The van der Waals surface area contributed by atoms with Gasteiger partial charge in [0, 0.05) is 6.61 Å². The molecular formula is C8H16O. The van der Waals surface area contributed by atoms with E-state index >= 15 is 0 Å². The minimum atomic E-state index is 0.279. The summed E-state index contributed by atoms with van der Waals surface area (Å²) in [6.45, 7) is 6.47. The molecule has 0 spiro atoms. The predicted octanol–water partition coefficient (Wildman–Crippen LogP) is 1.97. The normalized spacial score (nSPS) is 12.9. The quantitative estimate of drug-likeness (QED) is 0.576. The largest absolute Gasteiger partial charge is 0.396 e. The fourth-order valence-electron chi connectivity index (χ4n) is 0.771. The van der Waals surface area contributed by atoms with E-state index in [0.717, 1.165) is 6.42 Å². The lowest BCUT2D eigenvalue weighted by Crippen LogP contribution is -2.00. The molecule has 1 heteroatoms. The van der Waals surface area contributed by atoms with Gasteiger partial charge < -0.3 is 5.11 Å². The summed E-state index contributed by atoms with van der Waals surface area (Å²) in [7, 11) is 0. The topological polar surface area (TPSA) is 20.2 Å². The number of aliphatic hydroxyl groups is 1. The molecule has 54 valence electrons. The molecule has 1 N–H and O–H groups in total. The third kappa shape index (κ3) is 4.22. The summed E-state index contributed by atoms with van der Waals surface area (Å²) in [6.07, 6.45) is 3.14. The zero-order valence-corrected chi connectivity index (χ0v) is 6.52. The molecule has 0 fully saturated rings. The van der Waals surface area contributed by atoms with Crippen molar-refractivity contribution < 1.29 is 5.11 Å². The third-order valence-corrected chi connectivity index (χ3v) is 1.33. The molecule has 9 heavy (non-hydrogen) atoms. The first kappa shape index (κ1) is 8.70. The van der Waals surface area contributed by atoms with Crippen molar-refractivity contribution in [2.45, 2.75) is 27.2 Å². The second-order valence-electron chi connectivity index (χ2n) is 2.59. The van der Waals surface area contributed by atoms with E-state index in [-0.39, 0.29) is 6.61 Å². The van der Waals surface area contributed by atoms with Crippen molar-refractivity contribution in [2.24, 2.45) is 5.92 Å². The molecule has 1 nitrogen and oxygen atoms in total. The summed E-state index contributed by atoms with van der Waals surface area (Å²) in [5, 5.41) is 8.73.